The Kier molecular flexibility index (Phi) is 8.51. The Balaban J connectivity index is 0.00000323. The van der Waals surface area contributed by atoms with Crippen molar-refractivity contribution in [1.82, 2.24) is 4.58 Å². The lowest BCUT2D eigenvalue weighted by molar-refractivity contribution is -0.0000268. The minimum absolute atomic E-state index is 0. The second-order valence-corrected chi connectivity index (χ2v) is 11.2. The lowest BCUT2D eigenvalue weighted by Crippen LogP contribution is -3.00. The van der Waals surface area contributed by atoms with E-state index in [1.807, 2.05) is 18.2 Å². The average Bonchev–Trinajstić information content (AvgIpc) is 3.67. The van der Waals surface area contributed by atoms with Crippen LogP contribution in [0.15, 0.2) is 52.9 Å². The number of carbonyl (C=O) groups is 1. The van der Waals surface area contributed by atoms with Crippen molar-refractivity contribution in [2.45, 2.75) is 59.3 Å². The van der Waals surface area contributed by atoms with Crippen molar-refractivity contribution < 1.29 is 26.4 Å². The third kappa shape index (κ3) is 5.24. The molecule has 2 saturated heterocycles. The molecule has 3 heterocycles. The molecule has 0 spiro atoms. The summed E-state index contributed by atoms with van der Waals surface area (Å²) in [5.74, 6) is 0.590. The van der Waals surface area contributed by atoms with E-state index < -0.39 is 0 Å². The summed E-state index contributed by atoms with van der Waals surface area (Å²) in [6.07, 6.45) is 6.75. The molecule has 210 valence electrons. The first-order valence-electron chi connectivity index (χ1n) is 14.7. The third-order valence-corrected chi connectivity index (χ3v) is 8.40. The van der Waals surface area contributed by atoms with Crippen LogP contribution in [0, 0.1) is 13.8 Å². The van der Waals surface area contributed by atoms with E-state index in [9.17, 15) is 4.79 Å². The molecule has 2 aromatic carbocycles. The summed E-state index contributed by atoms with van der Waals surface area (Å²) >= 11 is 0. The van der Waals surface area contributed by atoms with Crippen LogP contribution in [0.1, 0.15) is 66.9 Å². The van der Waals surface area contributed by atoms with Gasteiger partial charge in [0.15, 0.2) is 0 Å². The van der Waals surface area contributed by atoms with Gasteiger partial charge in [-0.2, -0.15) is 0 Å². The van der Waals surface area contributed by atoms with Crippen molar-refractivity contribution in [1.29, 1.82) is 0 Å². The molecule has 0 aromatic heterocycles. The van der Waals surface area contributed by atoms with E-state index in [-0.39, 0.29) is 18.4 Å². The highest BCUT2D eigenvalue weighted by atomic mass is 35.5. The largest absolute Gasteiger partial charge is 1.00 e. The number of hydrogen-bond donors (Lipinski definition) is 0. The topological polar surface area (TPSA) is 45.7 Å². The Morgan fingerprint density at radius 3 is 2.45 bits per heavy atom. The van der Waals surface area contributed by atoms with Crippen LogP contribution in [0.5, 0.6) is 0 Å². The Morgan fingerprint density at radius 2 is 1.70 bits per heavy atom. The molecule has 4 aliphatic rings. The van der Waals surface area contributed by atoms with Crippen LogP contribution in [0.2, 0.25) is 0 Å². The van der Waals surface area contributed by atoms with E-state index >= 15 is 0 Å². The SMILES string of the molecule is CCCCOC(=O)c1ccccc1-c1c2cc(C)c(=[N+]3CCCC3)cc-2oc2cc(N3CCCC3)c(C)cc12.[Cl-]. The number of fused-ring (bicyclic) bond motifs is 2. The number of unbranched alkanes of at least 4 members (excludes halogenated alkanes) is 1. The lowest BCUT2D eigenvalue weighted by Gasteiger charge is -2.23. The number of halogens is 1. The van der Waals surface area contributed by atoms with Crippen LogP contribution in [-0.2, 0) is 4.74 Å². The highest BCUT2D eigenvalue weighted by Crippen LogP contribution is 2.43. The molecule has 0 bridgehead atoms. The van der Waals surface area contributed by atoms with Crippen LogP contribution >= 0.6 is 0 Å². The lowest BCUT2D eigenvalue weighted by atomic mass is 9.89. The Morgan fingerprint density at radius 1 is 0.950 bits per heavy atom. The number of carbonyl (C=O) groups excluding carboxylic acids is 1. The van der Waals surface area contributed by atoms with Crippen LogP contribution < -0.4 is 27.2 Å². The van der Waals surface area contributed by atoms with E-state index in [0.717, 1.165) is 72.4 Å². The molecule has 0 unspecified atom stereocenters. The minimum Gasteiger partial charge on any atom is -1.00 e. The summed E-state index contributed by atoms with van der Waals surface area (Å²) in [6.45, 7) is 11.2. The Labute approximate surface area is 243 Å². The maximum atomic E-state index is 13.3. The smallest absolute Gasteiger partial charge is 0.338 e. The number of benzene rings is 3. The van der Waals surface area contributed by atoms with Crippen LogP contribution in [0.25, 0.3) is 33.4 Å². The molecule has 2 fully saturated rings. The van der Waals surface area contributed by atoms with Gasteiger partial charge < -0.3 is 26.5 Å². The predicted molar refractivity (Wildman–Crippen MR) is 159 cm³/mol. The zero-order chi connectivity index (χ0) is 26.9. The highest BCUT2D eigenvalue weighted by molar-refractivity contribution is 6.08. The number of ether oxygens (including phenoxy) is 1. The fourth-order valence-corrected chi connectivity index (χ4v) is 6.33. The van der Waals surface area contributed by atoms with Crippen LogP contribution in [0.3, 0.4) is 0 Å². The number of anilines is 1. The molecule has 40 heavy (non-hydrogen) atoms. The van der Waals surface area contributed by atoms with Crippen molar-refractivity contribution in [3.05, 3.63) is 70.6 Å². The monoisotopic (exact) mass is 558 g/mol. The van der Waals surface area contributed by atoms with E-state index in [1.54, 1.807) is 0 Å². The number of nitrogens with zero attached hydrogens (tertiary/aromatic N) is 2. The molecule has 0 saturated carbocycles. The van der Waals surface area contributed by atoms with Gasteiger partial charge in [0.2, 0.25) is 5.36 Å². The van der Waals surface area contributed by atoms with Gasteiger partial charge in [0.05, 0.1) is 18.2 Å². The fourth-order valence-electron chi connectivity index (χ4n) is 6.33. The van der Waals surface area contributed by atoms with Gasteiger partial charge in [-0.3, -0.25) is 0 Å². The Bertz CT molecular complexity index is 1570. The molecule has 5 nitrogen and oxygen atoms in total. The van der Waals surface area contributed by atoms with Gasteiger partial charge in [-0.05, 0) is 62.4 Å². The van der Waals surface area contributed by atoms with Crippen molar-refractivity contribution in [2.24, 2.45) is 0 Å². The van der Waals surface area contributed by atoms with Gasteiger partial charge in [-0.25, -0.2) is 9.37 Å². The van der Waals surface area contributed by atoms with E-state index in [4.69, 9.17) is 9.15 Å². The fraction of sp³-hybridized carbons (Fsp3) is 0.412. The molecule has 0 amide bonds. The van der Waals surface area contributed by atoms with Crippen molar-refractivity contribution in [2.75, 3.05) is 37.7 Å². The molecule has 0 atom stereocenters. The van der Waals surface area contributed by atoms with E-state index in [1.165, 1.54) is 47.9 Å². The summed E-state index contributed by atoms with van der Waals surface area (Å²) in [4.78, 5) is 15.8. The summed E-state index contributed by atoms with van der Waals surface area (Å²) in [5.41, 5.74) is 8.13. The Hall–Kier alpha value is -3.31. The number of hydrogen-bond acceptors (Lipinski definition) is 4. The van der Waals surface area contributed by atoms with Crippen LogP contribution in [0.4, 0.5) is 5.69 Å². The van der Waals surface area contributed by atoms with Gasteiger partial charge in [0.25, 0.3) is 0 Å². The van der Waals surface area contributed by atoms with Crippen molar-refractivity contribution in [3.63, 3.8) is 0 Å². The van der Waals surface area contributed by atoms with Gasteiger partial charge in [0, 0.05) is 59.8 Å². The molecular weight excluding hydrogens is 520 g/mol. The number of rotatable bonds is 6. The third-order valence-electron chi connectivity index (χ3n) is 8.40. The first kappa shape index (κ1) is 28.2. The standard InChI is InChI=1S/C34H39N2O3.ClH/c1-4-5-18-38-34(37)26-13-7-6-12-25(26)33-27-19-23(2)29(35-14-8-9-15-35)21-31(27)39-32-22-30(24(3)20-28(32)33)36-16-10-11-17-36;/h6-7,12-13,19-22H,4-5,8-11,14-18H2,1-3H3;1H/q+1;/p-1. The normalized spacial score (nSPS) is 15.2. The molecule has 3 aliphatic heterocycles. The zero-order valence-corrected chi connectivity index (χ0v) is 24.7. The van der Waals surface area contributed by atoms with Crippen molar-refractivity contribution in [3.8, 4) is 22.5 Å². The molecule has 6 heteroatoms. The molecule has 6 rings (SSSR count). The zero-order valence-electron chi connectivity index (χ0n) is 23.9. The van der Waals surface area contributed by atoms with Crippen molar-refractivity contribution >= 4 is 22.6 Å². The summed E-state index contributed by atoms with van der Waals surface area (Å²) in [7, 11) is 0. The van der Waals surface area contributed by atoms with E-state index in [2.05, 4.69) is 60.6 Å². The van der Waals surface area contributed by atoms with Gasteiger partial charge >= 0.3 is 5.97 Å². The summed E-state index contributed by atoms with van der Waals surface area (Å²) in [5, 5.41) is 2.28. The first-order valence-corrected chi connectivity index (χ1v) is 14.7. The number of esters is 1. The quantitative estimate of drug-likeness (QED) is 0.156. The molecule has 0 N–H and O–H groups in total. The molecule has 2 aromatic rings. The molecular formula is C34H39ClN2O3. The number of aryl methyl sites for hydroxylation is 2. The second-order valence-electron chi connectivity index (χ2n) is 11.2. The van der Waals surface area contributed by atoms with Gasteiger partial charge in [-0.15, -0.1) is 0 Å². The van der Waals surface area contributed by atoms with Crippen LogP contribution in [-0.4, -0.2) is 38.8 Å². The second kappa shape index (κ2) is 12.1. The minimum atomic E-state index is -0.267. The van der Waals surface area contributed by atoms with Gasteiger partial charge in [-0.1, -0.05) is 31.5 Å². The predicted octanol–water partition coefficient (Wildman–Crippen LogP) is 3.95. The maximum absolute atomic E-state index is 13.3. The van der Waals surface area contributed by atoms with Gasteiger partial charge in [0.1, 0.15) is 24.4 Å². The molecule has 1 aliphatic carbocycles. The summed E-state index contributed by atoms with van der Waals surface area (Å²) < 4.78 is 14.9. The highest BCUT2D eigenvalue weighted by Gasteiger charge is 2.26. The van der Waals surface area contributed by atoms with E-state index in [0.29, 0.717) is 12.2 Å². The first-order chi connectivity index (χ1) is 19.0. The molecule has 0 radical (unpaired) electrons. The average molecular weight is 559 g/mol. The maximum Gasteiger partial charge on any atom is 0.338 e. The summed E-state index contributed by atoms with van der Waals surface area (Å²) in [6, 6.07) is 16.8.